The molecule has 1 fully saturated rings. The second-order valence-electron chi connectivity index (χ2n) is 3.60. The summed E-state index contributed by atoms with van der Waals surface area (Å²) in [5, 5.41) is 12.3. The maximum absolute atomic E-state index is 9.02. The number of hydrogen-bond acceptors (Lipinski definition) is 4. The van der Waals surface area contributed by atoms with Crippen LogP contribution in [0.4, 0.5) is 5.69 Å². The Morgan fingerprint density at radius 1 is 1.67 bits per heavy atom. The molecule has 15 heavy (non-hydrogen) atoms. The minimum atomic E-state index is 0.506. The van der Waals surface area contributed by atoms with Gasteiger partial charge in [0.25, 0.3) is 0 Å². The van der Waals surface area contributed by atoms with E-state index in [1.807, 2.05) is 0 Å². The van der Waals surface area contributed by atoms with Gasteiger partial charge in [-0.3, -0.25) is 4.98 Å². The Morgan fingerprint density at radius 2 is 2.47 bits per heavy atom. The van der Waals surface area contributed by atoms with E-state index in [4.69, 9.17) is 5.26 Å². The highest BCUT2D eigenvalue weighted by Crippen LogP contribution is 2.21. The molecule has 1 saturated heterocycles. The van der Waals surface area contributed by atoms with Gasteiger partial charge in [0, 0.05) is 25.8 Å². The van der Waals surface area contributed by atoms with Crippen molar-refractivity contribution in [2.24, 2.45) is 0 Å². The molecule has 0 saturated carbocycles. The van der Waals surface area contributed by atoms with E-state index in [1.165, 1.54) is 0 Å². The van der Waals surface area contributed by atoms with E-state index >= 15 is 0 Å². The van der Waals surface area contributed by atoms with Crippen molar-refractivity contribution in [3.05, 3.63) is 24.0 Å². The zero-order chi connectivity index (χ0) is 10.7. The standard InChI is InChI=1S/C11H14N4/c1-2-15(10-6-14-7-10)11-8-13-4-3-9(11)5-12/h3-4,8,10,14H,2,6-7H2,1H3. The van der Waals surface area contributed by atoms with Crippen LogP contribution in [0.15, 0.2) is 18.5 Å². The third-order valence-electron chi connectivity index (χ3n) is 2.77. The first-order valence-corrected chi connectivity index (χ1v) is 5.18. The van der Waals surface area contributed by atoms with Crippen molar-refractivity contribution in [2.75, 3.05) is 24.5 Å². The summed E-state index contributed by atoms with van der Waals surface area (Å²) in [6.45, 7) is 5.00. The van der Waals surface area contributed by atoms with E-state index in [-0.39, 0.29) is 0 Å². The smallest absolute Gasteiger partial charge is 0.101 e. The summed E-state index contributed by atoms with van der Waals surface area (Å²) >= 11 is 0. The molecular weight excluding hydrogens is 188 g/mol. The van der Waals surface area contributed by atoms with Crippen LogP contribution >= 0.6 is 0 Å². The predicted octanol–water partition coefficient (Wildman–Crippen LogP) is 0.751. The van der Waals surface area contributed by atoms with Gasteiger partial charge in [-0.15, -0.1) is 0 Å². The Hall–Kier alpha value is -1.60. The molecule has 4 nitrogen and oxygen atoms in total. The largest absolute Gasteiger partial charge is 0.364 e. The summed E-state index contributed by atoms with van der Waals surface area (Å²) in [5.41, 5.74) is 1.66. The van der Waals surface area contributed by atoms with Crippen LogP contribution in [0.5, 0.6) is 0 Å². The van der Waals surface area contributed by atoms with Gasteiger partial charge in [0.1, 0.15) is 6.07 Å². The van der Waals surface area contributed by atoms with Crippen molar-refractivity contribution in [3.8, 4) is 6.07 Å². The van der Waals surface area contributed by atoms with E-state index in [9.17, 15) is 0 Å². The zero-order valence-corrected chi connectivity index (χ0v) is 8.77. The molecule has 0 amide bonds. The number of nitrogens with one attached hydrogen (secondary N) is 1. The second-order valence-corrected chi connectivity index (χ2v) is 3.60. The number of pyridine rings is 1. The number of aromatic nitrogens is 1. The summed E-state index contributed by atoms with van der Waals surface area (Å²) in [6.07, 6.45) is 3.44. The van der Waals surface area contributed by atoms with Gasteiger partial charge in [0.05, 0.1) is 23.5 Å². The molecular formula is C11H14N4. The van der Waals surface area contributed by atoms with Crippen LogP contribution in [0.3, 0.4) is 0 Å². The number of likely N-dealkylation sites (N-methyl/N-ethyl adjacent to an activating group) is 1. The molecule has 2 heterocycles. The van der Waals surface area contributed by atoms with Crippen molar-refractivity contribution in [2.45, 2.75) is 13.0 Å². The molecule has 1 aromatic heterocycles. The average Bonchev–Trinajstić information content (AvgIpc) is 2.23. The Morgan fingerprint density at radius 3 is 3.00 bits per heavy atom. The van der Waals surface area contributed by atoms with Crippen LogP contribution < -0.4 is 10.2 Å². The first-order valence-electron chi connectivity index (χ1n) is 5.18. The Bertz CT molecular complexity index is 378. The van der Waals surface area contributed by atoms with Crippen molar-refractivity contribution >= 4 is 5.69 Å². The number of rotatable bonds is 3. The highest BCUT2D eigenvalue weighted by molar-refractivity contribution is 5.58. The van der Waals surface area contributed by atoms with Gasteiger partial charge in [0.2, 0.25) is 0 Å². The maximum atomic E-state index is 9.02. The van der Waals surface area contributed by atoms with Gasteiger partial charge < -0.3 is 10.2 Å². The molecule has 0 radical (unpaired) electrons. The lowest BCUT2D eigenvalue weighted by Crippen LogP contribution is -2.57. The normalized spacial score (nSPS) is 15.5. The first-order chi connectivity index (χ1) is 7.36. The van der Waals surface area contributed by atoms with Crippen LogP contribution in [0, 0.1) is 11.3 Å². The molecule has 1 aliphatic rings. The van der Waals surface area contributed by atoms with Gasteiger partial charge in [-0.05, 0) is 13.0 Å². The lowest BCUT2D eigenvalue weighted by atomic mass is 10.1. The minimum Gasteiger partial charge on any atom is -0.364 e. The van der Waals surface area contributed by atoms with E-state index in [0.29, 0.717) is 11.6 Å². The van der Waals surface area contributed by atoms with Crippen LogP contribution in [0.2, 0.25) is 0 Å². The van der Waals surface area contributed by atoms with Gasteiger partial charge in [-0.2, -0.15) is 5.26 Å². The molecule has 0 aromatic carbocycles. The summed E-state index contributed by atoms with van der Waals surface area (Å²) in [6, 6.07) is 4.49. The number of anilines is 1. The number of nitriles is 1. The molecule has 4 heteroatoms. The second kappa shape index (κ2) is 4.28. The fourth-order valence-corrected chi connectivity index (χ4v) is 1.83. The summed E-state index contributed by atoms with van der Waals surface area (Å²) < 4.78 is 0. The minimum absolute atomic E-state index is 0.506. The molecule has 78 valence electrons. The molecule has 0 bridgehead atoms. The Labute approximate surface area is 89.5 Å². The molecule has 0 spiro atoms. The fourth-order valence-electron chi connectivity index (χ4n) is 1.83. The highest BCUT2D eigenvalue weighted by Gasteiger charge is 2.25. The van der Waals surface area contributed by atoms with Gasteiger partial charge >= 0.3 is 0 Å². The molecule has 1 N–H and O–H groups in total. The van der Waals surface area contributed by atoms with E-state index in [0.717, 1.165) is 25.3 Å². The van der Waals surface area contributed by atoms with Crippen molar-refractivity contribution in [3.63, 3.8) is 0 Å². The summed E-state index contributed by atoms with van der Waals surface area (Å²) in [7, 11) is 0. The van der Waals surface area contributed by atoms with Crippen molar-refractivity contribution in [1.29, 1.82) is 5.26 Å². The van der Waals surface area contributed by atoms with Crippen molar-refractivity contribution in [1.82, 2.24) is 10.3 Å². The van der Waals surface area contributed by atoms with Gasteiger partial charge in [-0.1, -0.05) is 0 Å². The van der Waals surface area contributed by atoms with E-state index < -0.39 is 0 Å². The van der Waals surface area contributed by atoms with Crippen LogP contribution in [0.1, 0.15) is 12.5 Å². The van der Waals surface area contributed by atoms with Crippen molar-refractivity contribution < 1.29 is 0 Å². The van der Waals surface area contributed by atoms with Gasteiger partial charge in [-0.25, -0.2) is 0 Å². The quantitative estimate of drug-likeness (QED) is 0.786. The lowest BCUT2D eigenvalue weighted by molar-refractivity contribution is 0.417. The van der Waals surface area contributed by atoms with Crippen LogP contribution in [0.25, 0.3) is 0 Å². The van der Waals surface area contributed by atoms with Crippen LogP contribution in [-0.4, -0.2) is 30.7 Å². The Balaban J connectivity index is 2.29. The molecule has 2 rings (SSSR count). The third-order valence-corrected chi connectivity index (χ3v) is 2.77. The highest BCUT2D eigenvalue weighted by atomic mass is 15.2. The van der Waals surface area contributed by atoms with Gasteiger partial charge in [0.15, 0.2) is 0 Å². The summed E-state index contributed by atoms with van der Waals surface area (Å²) in [4.78, 5) is 6.33. The monoisotopic (exact) mass is 202 g/mol. The maximum Gasteiger partial charge on any atom is 0.101 e. The average molecular weight is 202 g/mol. The third kappa shape index (κ3) is 1.79. The fraction of sp³-hybridized carbons (Fsp3) is 0.455. The molecule has 1 aliphatic heterocycles. The summed E-state index contributed by atoms with van der Waals surface area (Å²) in [5.74, 6) is 0. The molecule has 0 unspecified atom stereocenters. The van der Waals surface area contributed by atoms with E-state index in [1.54, 1.807) is 18.5 Å². The molecule has 0 aliphatic carbocycles. The number of nitrogens with zero attached hydrogens (tertiary/aromatic N) is 3. The van der Waals surface area contributed by atoms with Crippen LogP contribution in [-0.2, 0) is 0 Å². The zero-order valence-electron chi connectivity index (χ0n) is 8.77. The number of hydrogen-bond donors (Lipinski definition) is 1. The topological polar surface area (TPSA) is 52.0 Å². The Kier molecular flexibility index (Phi) is 2.84. The lowest BCUT2D eigenvalue weighted by Gasteiger charge is -2.39. The molecule has 1 aromatic rings. The van der Waals surface area contributed by atoms with E-state index in [2.05, 4.69) is 28.2 Å². The SMILES string of the molecule is CCN(c1cnccc1C#N)C1CNC1. The predicted molar refractivity (Wildman–Crippen MR) is 58.6 cm³/mol. The molecule has 0 atom stereocenters. The first kappa shape index (κ1) is 9.94.